The maximum absolute atomic E-state index is 13.6. The number of aromatic nitrogens is 3. The van der Waals surface area contributed by atoms with Gasteiger partial charge in [0.25, 0.3) is 0 Å². The molecular weight excluding hydrogens is 375 g/mol. The van der Waals surface area contributed by atoms with Gasteiger partial charge in [-0.1, -0.05) is 5.16 Å². The van der Waals surface area contributed by atoms with Crippen molar-refractivity contribution in [2.75, 3.05) is 18.0 Å². The van der Waals surface area contributed by atoms with Crippen LogP contribution in [0.3, 0.4) is 0 Å². The van der Waals surface area contributed by atoms with Crippen molar-refractivity contribution in [3.05, 3.63) is 58.9 Å². The molecule has 0 N–H and O–H groups in total. The Balaban J connectivity index is 1.29. The Hall–Kier alpha value is -2.80. The van der Waals surface area contributed by atoms with Crippen molar-refractivity contribution in [3.8, 4) is 10.6 Å². The standard InChI is InChI=1S/C21H19FN4OS/c1-13-10-19(28-12-13)17-3-5-20(24-23-17)26-8-6-14(7-9-26)21-16-11-15(22)2-4-18(16)27-25-21/h2-5,10-12,14H,6-9H2,1H3. The van der Waals surface area contributed by atoms with E-state index in [1.165, 1.54) is 17.7 Å². The third-order valence-electron chi connectivity index (χ3n) is 5.30. The number of hydrogen-bond donors (Lipinski definition) is 0. The van der Waals surface area contributed by atoms with Crippen molar-refractivity contribution in [2.45, 2.75) is 25.7 Å². The molecule has 1 aliphatic rings. The second-order valence-electron chi connectivity index (χ2n) is 7.23. The largest absolute Gasteiger partial charge is 0.356 e. The average Bonchev–Trinajstić information content (AvgIpc) is 3.34. The lowest BCUT2D eigenvalue weighted by atomic mass is 9.91. The van der Waals surface area contributed by atoms with Crippen molar-refractivity contribution in [3.63, 3.8) is 0 Å². The van der Waals surface area contributed by atoms with Gasteiger partial charge in [0.1, 0.15) is 11.5 Å². The third-order valence-corrected chi connectivity index (χ3v) is 6.37. The van der Waals surface area contributed by atoms with E-state index in [2.05, 4.69) is 38.6 Å². The van der Waals surface area contributed by atoms with E-state index in [1.54, 1.807) is 17.4 Å². The first kappa shape index (κ1) is 17.3. The molecule has 4 heterocycles. The van der Waals surface area contributed by atoms with Crippen molar-refractivity contribution in [1.82, 2.24) is 15.4 Å². The molecule has 0 unspecified atom stereocenters. The maximum atomic E-state index is 13.6. The summed E-state index contributed by atoms with van der Waals surface area (Å²) >= 11 is 1.69. The minimum absolute atomic E-state index is 0.259. The van der Waals surface area contributed by atoms with Gasteiger partial charge in [-0.25, -0.2) is 4.39 Å². The van der Waals surface area contributed by atoms with E-state index in [1.807, 2.05) is 12.1 Å². The second-order valence-corrected chi connectivity index (χ2v) is 8.15. The quantitative estimate of drug-likeness (QED) is 0.479. The Morgan fingerprint density at radius 1 is 1.11 bits per heavy atom. The number of piperidine rings is 1. The molecule has 5 rings (SSSR count). The molecule has 28 heavy (non-hydrogen) atoms. The van der Waals surface area contributed by atoms with Gasteiger partial charge in [0.15, 0.2) is 11.4 Å². The van der Waals surface area contributed by atoms with Gasteiger partial charge in [0.05, 0.1) is 10.6 Å². The SMILES string of the molecule is Cc1csc(-c2ccc(N3CCC(c4noc5ccc(F)cc45)CC3)nn2)c1. The highest BCUT2D eigenvalue weighted by atomic mass is 32.1. The molecule has 1 aromatic carbocycles. The first-order valence-corrected chi connectivity index (χ1v) is 10.2. The van der Waals surface area contributed by atoms with Crippen molar-refractivity contribution in [1.29, 1.82) is 0 Å². The number of anilines is 1. The Kier molecular flexibility index (Phi) is 4.31. The molecule has 7 heteroatoms. The summed E-state index contributed by atoms with van der Waals surface area (Å²) in [4.78, 5) is 3.39. The van der Waals surface area contributed by atoms with Gasteiger partial charge >= 0.3 is 0 Å². The molecule has 1 fully saturated rings. The summed E-state index contributed by atoms with van der Waals surface area (Å²) in [7, 11) is 0. The molecule has 0 radical (unpaired) electrons. The van der Waals surface area contributed by atoms with Crippen LogP contribution in [0.4, 0.5) is 10.2 Å². The van der Waals surface area contributed by atoms with Crippen LogP contribution in [0.2, 0.25) is 0 Å². The molecule has 5 nitrogen and oxygen atoms in total. The van der Waals surface area contributed by atoms with E-state index in [0.29, 0.717) is 5.58 Å². The summed E-state index contributed by atoms with van der Waals surface area (Å²) in [5, 5.41) is 16.0. The zero-order valence-corrected chi connectivity index (χ0v) is 16.2. The first-order chi connectivity index (χ1) is 13.7. The predicted octanol–water partition coefficient (Wildman–Crippen LogP) is 5.18. The molecular formula is C21H19FN4OS. The van der Waals surface area contributed by atoms with E-state index in [4.69, 9.17) is 4.52 Å². The molecule has 142 valence electrons. The van der Waals surface area contributed by atoms with Crippen LogP contribution in [0, 0.1) is 12.7 Å². The highest BCUT2D eigenvalue weighted by molar-refractivity contribution is 7.13. The minimum atomic E-state index is -0.259. The van der Waals surface area contributed by atoms with Crippen molar-refractivity contribution < 1.29 is 8.91 Å². The third kappa shape index (κ3) is 3.16. The zero-order chi connectivity index (χ0) is 19.1. The number of hydrogen-bond acceptors (Lipinski definition) is 6. The van der Waals surface area contributed by atoms with Gasteiger partial charge in [-0.15, -0.1) is 21.5 Å². The first-order valence-electron chi connectivity index (χ1n) is 9.36. The van der Waals surface area contributed by atoms with Gasteiger partial charge in [0.2, 0.25) is 0 Å². The number of halogens is 1. The van der Waals surface area contributed by atoms with Crippen LogP contribution >= 0.6 is 11.3 Å². The number of aryl methyl sites for hydroxylation is 1. The molecule has 0 atom stereocenters. The van der Waals surface area contributed by atoms with Crippen LogP contribution in [0.1, 0.15) is 30.0 Å². The summed E-state index contributed by atoms with van der Waals surface area (Å²) in [5.41, 5.74) is 3.66. The Labute approximate surface area is 165 Å². The van der Waals surface area contributed by atoms with Crippen LogP contribution in [0.25, 0.3) is 21.5 Å². The molecule has 0 amide bonds. The van der Waals surface area contributed by atoms with E-state index >= 15 is 0 Å². The summed E-state index contributed by atoms with van der Waals surface area (Å²) in [6.07, 6.45) is 1.84. The molecule has 0 saturated carbocycles. The lowest BCUT2D eigenvalue weighted by Gasteiger charge is -2.31. The minimum Gasteiger partial charge on any atom is -0.356 e. The maximum Gasteiger partial charge on any atom is 0.167 e. The predicted molar refractivity (Wildman–Crippen MR) is 108 cm³/mol. The summed E-state index contributed by atoms with van der Waals surface area (Å²) in [6.45, 7) is 3.80. The fraction of sp³-hybridized carbons (Fsp3) is 0.286. The molecule has 1 aliphatic heterocycles. The van der Waals surface area contributed by atoms with Gasteiger partial charge in [-0.2, -0.15) is 0 Å². The highest BCUT2D eigenvalue weighted by Crippen LogP contribution is 2.34. The molecule has 0 bridgehead atoms. The normalized spacial score (nSPS) is 15.4. The summed E-state index contributed by atoms with van der Waals surface area (Å²) in [6, 6.07) is 10.8. The van der Waals surface area contributed by atoms with Crippen LogP contribution < -0.4 is 4.90 Å². The zero-order valence-electron chi connectivity index (χ0n) is 15.4. The number of nitrogens with zero attached hydrogens (tertiary/aromatic N) is 4. The lowest BCUT2D eigenvalue weighted by Crippen LogP contribution is -2.33. The Morgan fingerprint density at radius 3 is 2.68 bits per heavy atom. The molecule has 0 aliphatic carbocycles. The number of fused-ring (bicyclic) bond motifs is 1. The summed E-state index contributed by atoms with van der Waals surface area (Å²) in [5.74, 6) is 0.901. The van der Waals surface area contributed by atoms with Crippen LogP contribution in [0.15, 0.2) is 46.3 Å². The number of benzene rings is 1. The summed E-state index contributed by atoms with van der Waals surface area (Å²) < 4.78 is 19.0. The van der Waals surface area contributed by atoms with Crippen molar-refractivity contribution >= 4 is 28.1 Å². The van der Waals surface area contributed by atoms with Gasteiger partial charge < -0.3 is 9.42 Å². The monoisotopic (exact) mass is 394 g/mol. The highest BCUT2D eigenvalue weighted by Gasteiger charge is 2.26. The van der Waals surface area contributed by atoms with Crippen LogP contribution in [-0.4, -0.2) is 28.4 Å². The Bertz CT molecular complexity index is 1110. The fourth-order valence-corrected chi connectivity index (χ4v) is 4.66. The smallest absolute Gasteiger partial charge is 0.167 e. The van der Waals surface area contributed by atoms with E-state index < -0.39 is 0 Å². The Morgan fingerprint density at radius 2 is 1.96 bits per heavy atom. The van der Waals surface area contributed by atoms with Gasteiger partial charge in [0, 0.05) is 24.4 Å². The molecule has 1 saturated heterocycles. The number of thiophene rings is 1. The average molecular weight is 394 g/mol. The van der Waals surface area contributed by atoms with Crippen molar-refractivity contribution in [2.24, 2.45) is 0 Å². The van der Waals surface area contributed by atoms with Crippen LogP contribution in [-0.2, 0) is 0 Å². The lowest BCUT2D eigenvalue weighted by molar-refractivity contribution is 0.416. The van der Waals surface area contributed by atoms with Gasteiger partial charge in [-0.05, 0) is 67.1 Å². The van der Waals surface area contributed by atoms with Crippen LogP contribution in [0.5, 0.6) is 0 Å². The van der Waals surface area contributed by atoms with E-state index in [0.717, 1.165) is 53.4 Å². The fourth-order valence-electron chi connectivity index (χ4n) is 3.80. The molecule has 4 aromatic rings. The van der Waals surface area contributed by atoms with E-state index in [-0.39, 0.29) is 11.7 Å². The topological polar surface area (TPSA) is 55.1 Å². The van der Waals surface area contributed by atoms with E-state index in [9.17, 15) is 4.39 Å². The van der Waals surface area contributed by atoms with Gasteiger partial charge in [-0.3, -0.25) is 0 Å². The second kappa shape index (κ2) is 6.98. The number of rotatable bonds is 3. The molecule has 0 spiro atoms. The molecule has 3 aromatic heterocycles.